The van der Waals surface area contributed by atoms with Crippen molar-refractivity contribution in [2.75, 3.05) is 25.1 Å². The lowest BCUT2D eigenvalue weighted by molar-refractivity contribution is -0.122. The standard InChI is InChI=1S/C11H20N2OS/c1-5-6-12-11(14)10(3)13-7-9(2)8-15-4/h1,9-10,13H,6-8H2,2-4H3,(H,12,14). The summed E-state index contributed by atoms with van der Waals surface area (Å²) in [4.78, 5) is 11.4. The van der Waals surface area contributed by atoms with E-state index in [9.17, 15) is 4.79 Å². The van der Waals surface area contributed by atoms with Crippen molar-refractivity contribution in [2.24, 2.45) is 5.92 Å². The van der Waals surface area contributed by atoms with Crippen LogP contribution in [0, 0.1) is 18.3 Å². The Labute approximate surface area is 96.8 Å². The van der Waals surface area contributed by atoms with Gasteiger partial charge in [0, 0.05) is 0 Å². The number of hydrogen-bond donors (Lipinski definition) is 2. The fourth-order valence-corrected chi connectivity index (χ4v) is 1.79. The summed E-state index contributed by atoms with van der Waals surface area (Å²) in [7, 11) is 0. The minimum absolute atomic E-state index is 0.0377. The molecule has 0 saturated carbocycles. The van der Waals surface area contributed by atoms with Gasteiger partial charge < -0.3 is 10.6 Å². The average Bonchev–Trinajstić information content (AvgIpc) is 2.22. The molecule has 2 atom stereocenters. The van der Waals surface area contributed by atoms with Gasteiger partial charge in [0.2, 0.25) is 5.91 Å². The molecule has 2 unspecified atom stereocenters. The summed E-state index contributed by atoms with van der Waals surface area (Å²) in [5.74, 6) is 4.01. The second-order valence-corrected chi connectivity index (χ2v) is 4.52. The Kier molecular flexibility index (Phi) is 8.25. The molecule has 0 rings (SSSR count). The number of nitrogens with one attached hydrogen (secondary N) is 2. The van der Waals surface area contributed by atoms with Crippen molar-refractivity contribution in [1.29, 1.82) is 0 Å². The molecule has 0 bridgehead atoms. The highest BCUT2D eigenvalue weighted by Crippen LogP contribution is 2.02. The number of carbonyl (C=O) groups is 1. The maximum atomic E-state index is 11.4. The third-order valence-corrected chi connectivity index (χ3v) is 2.88. The molecule has 0 aliphatic heterocycles. The largest absolute Gasteiger partial charge is 0.344 e. The van der Waals surface area contributed by atoms with Crippen LogP contribution in [0.1, 0.15) is 13.8 Å². The first-order valence-corrected chi connectivity index (χ1v) is 6.44. The van der Waals surface area contributed by atoms with Crippen LogP contribution in [0.5, 0.6) is 0 Å². The van der Waals surface area contributed by atoms with Crippen molar-refractivity contribution in [2.45, 2.75) is 19.9 Å². The fraction of sp³-hybridized carbons (Fsp3) is 0.727. The summed E-state index contributed by atoms with van der Waals surface area (Å²) in [6.07, 6.45) is 7.13. The molecule has 0 fully saturated rings. The van der Waals surface area contributed by atoms with Crippen LogP contribution in [-0.2, 0) is 4.79 Å². The Bertz CT molecular complexity index is 225. The molecular weight excluding hydrogens is 208 g/mol. The first-order valence-electron chi connectivity index (χ1n) is 5.05. The smallest absolute Gasteiger partial charge is 0.237 e. The summed E-state index contributed by atoms with van der Waals surface area (Å²) < 4.78 is 0. The van der Waals surface area contributed by atoms with Crippen molar-refractivity contribution < 1.29 is 4.79 Å². The second-order valence-electron chi connectivity index (χ2n) is 3.61. The molecule has 0 aliphatic rings. The van der Waals surface area contributed by atoms with Crippen LogP contribution in [0.3, 0.4) is 0 Å². The highest BCUT2D eigenvalue weighted by atomic mass is 32.2. The molecule has 0 aromatic rings. The van der Waals surface area contributed by atoms with Crippen LogP contribution in [0.15, 0.2) is 0 Å². The Hall–Kier alpha value is -0.660. The fourth-order valence-electron chi connectivity index (χ4n) is 1.11. The van der Waals surface area contributed by atoms with Gasteiger partial charge >= 0.3 is 0 Å². The van der Waals surface area contributed by atoms with E-state index in [1.54, 1.807) is 0 Å². The minimum Gasteiger partial charge on any atom is -0.344 e. The van der Waals surface area contributed by atoms with Gasteiger partial charge in [-0.3, -0.25) is 4.79 Å². The molecule has 3 nitrogen and oxygen atoms in total. The van der Waals surface area contributed by atoms with E-state index < -0.39 is 0 Å². The number of thioether (sulfide) groups is 1. The Morgan fingerprint density at radius 3 is 2.73 bits per heavy atom. The topological polar surface area (TPSA) is 41.1 Å². The maximum Gasteiger partial charge on any atom is 0.237 e. The first kappa shape index (κ1) is 14.3. The van der Waals surface area contributed by atoms with Gasteiger partial charge in [-0.25, -0.2) is 0 Å². The molecule has 0 aromatic carbocycles. The number of hydrogen-bond acceptors (Lipinski definition) is 3. The predicted octanol–water partition coefficient (Wildman–Crippen LogP) is 0.713. The molecule has 4 heteroatoms. The summed E-state index contributed by atoms with van der Waals surface area (Å²) in [5, 5.41) is 5.83. The summed E-state index contributed by atoms with van der Waals surface area (Å²) in [5.41, 5.74) is 0. The molecule has 1 amide bonds. The second kappa shape index (κ2) is 8.63. The predicted molar refractivity (Wildman–Crippen MR) is 66.9 cm³/mol. The zero-order valence-corrected chi connectivity index (χ0v) is 10.5. The minimum atomic E-state index is -0.178. The lowest BCUT2D eigenvalue weighted by Crippen LogP contribution is -2.43. The Morgan fingerprint density at radius 2 is 2.20 bits per heavy atom. The van der Waals surface area contributed by atoms with Crippen molar-refractivity contribution in [3.8, 4) is 12.3 Å². The third-order valence-electron chi connectivity index (χ3n) is 1.98. The molecule has 0 spiro atoms. The average molecular weight is 228 g/mol. The molecule has 2 N–H and O–H groups in total. The number of carbonyl (C=O) groups excluding carboxylic acids is 1. The molecule has 15 heavy (non-hydrogen) atoms. The van der Waals surface area contributed by atoms with Crippen molar-refractivity contribution >= 4 is 17.7 Å². The van der Waals surface area contributed by atoms with E-state index in [0.717, 1.165) is 12.3 Å². The quantitative estimate of drug-likeness (QED) is 0.631. The van der Waals surface area contributed by atoms with Crippen LogP contribution in [-0.4, -0.2) is 37.0 Å². The summed E-state index contributed by atoms with van der Waals surface area (Å²) in [6.45, 7) is 5.16. The van der Waals surface area contributed by atoms with Gasteiger partial charge in [-0.15, -0.1) is 6.42 Å². The van der Waals surface area contributed by atoms with Crippen molar-refractivity contribution in [3.63, 3.8) is 0 Å². The van der Waals surface area contributed by atoms with Gasteiger partial charge in [-0.05, 0) is 31.4 Å². The van der Waals surface area contributed by atoms with Crippen LogP contribution >= 0.6 is 11.8 Å². The zero-order valence-electron chi connectivity index (χ0n) is 9.67. The first-order chi connectivity index (χ1) is 7.11. The number of terminal acetylenes is 1. The van der Waals surface area contributed by atoms with Crippen LogP contribution in [0.25, 0.3) is 0 Å². The van der Waals surface area contributed by atoms with E-state index in [4.69, 9.17) is 6.42 Å². The SMILES string of the molecule is C#CCNC(=O)C(C)NCC(C)CSC. The molecule has 0 heterocycles. The van der Waals surface area contributed by atoms with Gasteiger partial charge in [0.15, 0.2) is 0 Å². The van der Waals surface area contributed by atoms with Gasteiger partial charge in [-0.1, -0.05) is 12.8 Å². The lowest BCUT2D eigenvalue weighted by atomic mass is 10.2. The number of rotatable bonds is 7. The van der Waals surface area contributed by atoms with E-state index in [-0.39, 0.29) is 11.9 Å². The zero-order chi connectivity index (χ0) is 11.7. The van der Waals surface area contributed by atoms with Gasteiger partial charge in [0.1, 0.15) is 0 Å². The highest BCUT2D eigenvalue weighted by Gasteiger charge is 2.11. The Balaban J connectivity index is 3.68. The highest BCUT2D eigenvalue weighted by molar-refractivity contribution is 7.98. The van der Waals surface area contributed by atoms with Crippen LogP contribution in [0.4, 0.5) is 0 Å². The number of amides is 1. The van der Waals surface area contributed by atoms with Gasteiger partial charge in [-0.2, -0.15) is 11.8 Å². The van der Waals surface area contributed by atoms with Crippen LogP contribution < -0.4 is 10.6 Å². The Morgan fingerprint density at radius 1 is 1.53 bits per heavy atom. The van der Waals surface area contributed by atoms with Crippen molar-refractivity contribution in [3.05, 3.63) is 0 Å². The van der Waals surface area contributed by atoms with E-state index >= 15 is 0 Å². The van der Waals surface area contributed by atoms with E-state index in [1.807, 2.05) is 18.7 Å². The molecular formula is C11H20N2OS. The lowest BCUT2D eigenvalue weighted by Gasteiger charge is -2.16. The molecule has 0 radical (unpaired) electrons. The maximum absolute atomic E-state index is 11.4. The van der Waals surface area contributed by atoms with Gasteiger partial charge in [0.25, 0.3) is 0 Å². The third kappa shape index (κ3) is 7.29. The monoisotopic (exact) mass is 228 g/mol. The molecule has 0 saturated heterocycles. The van der Waals surface area contributed by atoms with Gasteiger partial charge in [0.05, 0.1) is 12.6 Å². The normalized spacial score (nSPS) is 14.0. The molecule has 0 aromatic heterocycles. The van der Waals surface area contributed by atoms with E-state index in [0.29, 0.717) is 12.5 Å². The summed E-state index contributed by atoms with van der Waals surface area (Å²) in [6, 6.07) is -0.178. The van der Waals surface area contributed by atoms with E-state index in [1.165, 1.54) is 0 Å². The molecule has 0 aliphatic carbocycles. The van der Waals surface area contributed by atoms with Crippen LogP contribution in [0.2, 0.25) is 0 Å². The van der Waals surface area contributed by atoms with E-state index in [2.05, 4.69) is 29.7 Å². The van der Waals surface area contributed by atoms with Crippen molar-refractivity contribution in [1.82, 2.24) is 10.6 Å². The summed E-state index contributed by atoms with van der Waals surface area (Å²) >= 11 is 1.82. The molecule has 86 valence electrons.